The van der Waals surface area contributed by atoms with E-state index in [9.17, 15) is 9.59 Å². The maximum atomic E-state index is 12.9. The maximum absolute atomic E-state index is 12.9. The monoisotopic (exact) mass is 512 g/mol. The third kappa shape index (κ3) is 5.37. The number of carbonyl (C=O) groups is 2. The van der Waals surface area contributed by atoms with Gasteiger partial charge in [-0.25, -0.2) is 0 Å². The van der Waals surface area contributed by atoms with Crippen LogP contribution in [0.15, 0.2) is 81.8 Å². The summed E-state index contributed by atoms with van der Waals surface area (Å²) < 4.78 is 17.2. The number of nitrogens with zero attached hydrogens (tertiary/aromatic N) is 2. The van der Waals surface area contributed by atoms with Crippen LogP contribution >= 0.6 is 0 Å². The number of fused-ring (bicyclic) bond motifs is 1. The molecule has 0 saturated heterocycles. The van der Waals surface area contributed by atoms with Crippen molar-refractivity contribution in [3.05, 3.63) is 113 Å². The summed E-state index contributed by atoms with van der Waals surface area (Å²) in [7, 11) is 1.70. The quantitative estimate of drug-likeness (QED) is 0.293. The Morgan fingerprint density at radius 3 is 2.68 bits per heavy atom. The lowest BCUT2D eigenvalue weighted by Gasteiger charge is -2.38. The highest BCUT2D eigenvalue weighted by Gasteiger charge is 2.31. The van der Waals surface area contributed by atoms with Crippen molar-refractivity contribution < 1.29 is 23.2 Å². The minimum atomic E-state index is -0.233. The molecule has 38 heavy (non-hydrogen) atoms. The standard InChI is InChI=1S/C31H32N2O5/c1-4-29(34)33-15-14-22-10-11-24(18-27(22)30(33)23-8-5-7-21(2)17-23)37-20-26-12-13-28(38-26)31(35)32(3)19-25-9-6-16-36-25/h5-13,16-18,30H,4,14-15,19-20H2,1-3H3/t30-/m0/s1. The Bertz CT molecular complexity index is 1420. The van der Waals surface area contributed by atoms with Crippen molar-refractivity contribution in [3.63, 3.8) is 0 Å². The molecule has 1 aliphatic rings. The lowest BCUT2D eigenvalue weighted by atomic mass is 9.87. The molecule has 0 aliphatic carbocycles. The van der Waals surface area contributed by atoms with Crippen LogP contribution in [0.5, 0.6) is 5.75 Å². The highest BCUT2D eigenvalue weighted by atomic mass is 16.5. The third-order valence-electron chi connectivity index (χ3n) is 6.90. The first-order valence-electron chi connectivity index (χ1n) is 12.9. The number of hydrogen-bond donors (Lipinski definition) is 0. The molecule has 3 heterocycles. The summed E-state index contributed by atoms with van der Waals surface area (Å²) in [4.78, 5) is 29.1. The summed E-state index contributed by atoms with van der Waals surface area (Å²) in [6.45, 7) is 5.20. The van der Waals surface area contributed by atoms with E-state index in [-0.39, 0.29) is 30.2 Å². The van der Waals surface area contributed by atoms with Gasteiger partial charge in [0.1, 0.15) is 23.9 Å². The van der Waals surface area contributed by atoms with Crippen molar-refractivity contribution in [3.8, 4) is 5.75 Å². The van der Waals surface area contributed by atoms with E-state index in [1.54, 1.807) is 36.4 Å². The molecule has 1 atom stereocenters. The van der Waals surface area contributed by atoms with Gasteiger partial charge < -0.3 is 23.4 Å². The third-order valence-corrected chi connectivity index (χ3v) is 6.90. The topological polar surface area (TPSA) is 76.1 Å². The zero-order valence-corrected chi connectivity index (χ0v) is 22.0. The minimum Gasteiger partial charge on any atom is -0.486 e. The molecule has 2 aromatic carbocycles. The van der Waals surface area contributed by atoms with Crippen molar-refractivity contribution in [1.82, 2.24) is 9.80 Å². The van der Waals surface area contributed by atoms with E-state index in [4.69, 9.17) is 13.6 Å². The summed E-state index contributed by atoms with van der Waals surface area (Å²) in [6, 6.07) is 21.3. The molecule has 0 radical (unpaired) electrons. The molecule has 1 aliphatic heterocycles. The fraction of sp³-hybridized carbons (Fsp3) is 0.290. The number of rotatable bonds is 8. The Morgan fingerprint density at radius 1 is 1.05 bits per heavy atom. The van der Waals surface area contributed by atoms with E-state index in [1.807, 2.05) is 36.1 Å². The first kappa shape index (κ1) is 25.4. The Morgan fingerprint density at radius 2 is 1.92 bits per heavy atom. The van der Waals surface area contributed by atoms with Gasteiger partial charge >= 0.3 is 0 Å². The van der Waals surface area contributed by atoms with E-state index in [0.29, 0.717) is 36.8 Å². The summed E-state index contributed by atoms with van der Waals surface area (Å²) in [5, 5.41) is 0. The molecule has 0 bridgehead atoms. The number of hydrogen-bond acceptors (Lipinski definition) is 5. The Labute approximate surface area is 222 Å². The number of furan rings is 2. The predicted octanol–water partition coefficient (Wildman–Crippen LogP) is 5.92. The molecule has 2 aromatic heterocycles. The van der Waals surface area contributed by atoms with E-state index < -0.39 is 0 Å². The number of carbonyl (C=O) groups excluding carboxylic acids is 2. The van der Waals surface area contributed by atoms with Crippen LogP contribution in [-0.2, 0) is 24.4 Å². The molecule has 196 valence electrons. The lowest BCUT2D eigenvalue weighted by Crippen LogP contribution is -2.40. The number of benzene rings is 2. The molecule has 7 heteroatoms. The van der Waals surface area contributed by atoms with Gasteiger partial charge in [0.2, 0.25) is 5.91 Å². The van der Waals surface area contributed by atoms with Gasteiger partial charge in [0.25, 0.3) is 5.91 Å². The average Bonchev–Trinajstić information content (AvgIpc) is 3.62. The van der Waals surface area contributed by atoms with Crippen LogP contribution in [0.4, 0.5) is 0 Å². The van der Waals surface area contributed by atoms with Crippen LogP contribution in [0.2, 0.25) is 0 Å². The summed E-state index contributed by atoms with van der Waals surface area (Å²) >= 11 is 0. The second-order valence-electron chi connectivity index (χ2n) is 9.66. The predicted molar refractivity (Wildman–Crippen MR) is 143 cm³/mol. The van der Waals surface area contributed by atoms with Crippen molar-refractivity contribution in [2.45, 2.75) is 45.9 Å². The molecule has 0 N–H and O–H groups in total. The van der Waals surface area contributed by atoms with Crippen LogP contribution in [0.25, 0.3) is 0 Å². The van der Waals surface area contributed by atoms with Crippen LogP contribution < -0.4 is 4.74 Å². The van der Waals surface area contributed by atoms with Crippen LogP contribution in [-0.4, -0.2) is 35.2 Å². The molecule has 5 rings (SSSR count). The molecule has 0 spiro atoms. The van der Waals surface area contributed by atoms with Gasteiger partial charge in [0.05, 0.1) is 18.8 Å². The highest BCUT2D eigenvalue weighted by molar-refractivity contribution is 5.91. The van der Waals surface area contributed by atoms with E-state index in [1.165, 1.54) is 5.56 Å². The molecule has 2 amide bonds. The van der Waals surface area contributed by atoms with Gasteiger partial charge in [0.15, 0.2) is 5.76 Å². The molecule has 4 aromatic rings. The van der Waals surface area contributed by atoms with Crippen LogP contribution in [0, 0.1) is 6.92 Å². The van der Waals surface area contributed by atoms with Crippen LogP contribution in [0.1, 0.15) is 63.7 Å². The maximum Gasteiger partial charge on any atom is 0.289 e. The van der Waals surface area contributed by atoms with Crippen molar-refractivity contribution in [2.24, 2.45) is 0 Å². The summed E-state index contributed by atoms with van der Waals surface area (Å²) in [5.41, 5.74) is 4.55. The van der Waals surface area contributed by atoms with Crippen molar-refractivity contribution in [2.75, 3.05) is 13.6 Å². The zero-order chi connectivity index (χ0) is 26.6. The highest BCUT2D eigenvalue weighted by Crippen LogP contribution is 2.38. The first-order valence-corrected chi connectivity index (χ1v) is 12.9. The normalized spacial score (nSPS) is 14.7. The molecule has 0 saturated carbocycles. The Hall–Kier alpha value is -4.26. The van der Waals surface area contributed by atoms with Crippen molar-refractivity contribution >= 4 is 11.8 Å². The smallest absolute Gasteiger partial charge is 0.289 e. The van der Waals surface area contributed by atoms with Crippen LogP contribution in [0.3, 0.4) is 0 Å². The SMILES string of the molecule is CCC(=O)N1CCc2ccc(OCc3ccc(C(=O)N(C)Cc4ccco4)o3)cc2[C@@H]1c1cccc(C)c1. The van der Waals surface area contributed by atoms with Gasteiger partial charge in [-0.15, -0.1) is 0 Å². The van der Waals surface area contributed by atoms with Gasteiger partial charge in [0, 0.05) is 20.0 Å². The Balaban J connectivity index is 1.32. The van der Waals surface area contributed by atoms with E-state index >= 15 is 0 Å². The largest absolute Gasteiger partial charge is 0.486 e. The molecule has 0 unspecified atom stereocenters. The summed E-state index contributed by atoms with van der Waals surface area (Å²) in [5.74, 6) is 2.09. The molecule has 7 nitrogen and oxygen atoms in total. The second kappa shape index (κ2) is 11.0. The minimum absolute atomic E-state index is 0.137. The average molecular weight is 513 g/mol. The lowest BCUT2D eigenvalue weighted by molar-refractivity contribution is -0.132. The number of aryl methyl sites for hydroxylation is 1. The van der Waals surface area contributed by atoms with Gasteiger partial charge in [-0.05, 0) is 66.4 Å². The van der Waals surface area contributed by atoms with E-state index in [0.717, 1.165) is 23.1 Å². The Kier molecular flexibility index (Phi) is 7.36. The van der Waals surface area contributed by atoms with Crippen molar-refractivity contribution in [1.29, 1.82) is 0 Å². The molecule has 0 fully saturated rings. The fourth-order valence-corrected chi connectivity index (χ4v) is 4.98. The van der Waals surface area contributed by atoms with Gasteiger partial charge in [-0.1, -0.05) is 42.8 Å². The first-order chi connectivity index (χ1) is 18.4. The zero-order valence-electron chi connectivity index (χ0n) is 22.0. The molecular weight excluding hydrogens is 480 g/mol. The summed E-state index contributed by atoms with van der Waals surface area (Å²) in [6.07, 6.45) is 2.85. The number of amides is 2. The number of ether oxygens (including phenoxy) is 1. The van der Waals surface area contributed by atoms with Gasteiger partial charge in [-0.2, -0.15) is 0 Å². The second-order valence-corrected chi connectivity index (χ2v) is 9.66. The molecular formula is C31H32N2O5. The fourth-order valence-electron chi connectivity index (χ4n) is 4.98. The van der Waals surface area contributed by atoms with Gasteiger partial charge in [-0.3, -0.25) is 9.59 Å². The van der Waals surface area contributed by atoms with E-state index in [2.05, 4.69) is 31.2 Å².